The zero-order chi connectivity index (χ0) is 9.97. The van der Waals surface area contributed by atoms with E-state index >= 15 is 0 Å². The molecule has 0 amide bonds. The summed E-state index contributed by atoms with van der Waals surface area (Å²) in [6.45, 7) is 2.18. The summed E-state index contributed by atoms with van der Waals surface area (Å²) in [5.74, 6) is 0.323. The van der Waals surface area contributed by atoms with E-state index in [-0.39, 0.29) is 0 Å². The van der Waals surface area contributed by atoms with Gasteiger partial charge in [0.1, 0.15) is 5.75 Å². The molecule has 1 fully saturated rings. The normalized spacial score (nSPS) is 20.2. The molecule has 3 heteroatoms. The third kappa shape index (κ3) is 1.99. The standard InChI is InChI=1S/C11H16N2O/c1-13(8-9-6-7-12-9)10-2-4-11(14)5-3-10/h2-5,9,12,14H,6-8H2,1H3. The van der Waals surface area contributed by atoms with Gasteiger partial charge in [-0.05, 0) is 37.2 Å². The molecular formula is C11H16N2O. The van der Waals surface area contributed by atoms with Crippen LogP contribution in [-0.4, -0.2) is 31.3 Å². The molecule has 0 bridgehead atoms. The van der Waals surface area contributed by atoms with E-state index in [0.29, 0.717) is 11.8 Å². The van der Waals surface area contributed by atoms with Crippen LogP contribution in [0.4, 0.5) is 5.69 Å². The van der Waals surface area contributed by atoms with Crippen LogP contribution in [0.15, 0.2) is 24.3 Å². The molecular weight excluding hydrogens is 176 g/mol. The lowest BCUT2D eigenvalue weighted by Gasteiger charge is -2.32. The lowest BCUT2D eigenvalue weighted by Crippen LogP contribution is -2.49. The van der Waals surface area contributed by atoms with Crippen molar-refractivity contribution in [2.45, 2.75) is 12.5 Å². The van der Waals surface area contributed by atoms with Crippen LogP contribution in [0.2, 0.25) is 0 Å². The summed E-state index contributed by atoms with van der Waals surface area (Å²) in [7, 11) is 2.08. The number of benzene rings is 1. The van der Waals surface area contributed by atoms with Crippen molar-refractivity contribution in [3.05, 3.63) is 24.3 Å². The minimum absolute atomic E-state index is 0.323. The lowest BCUT2D eigenvalue weighted by atomic mass is 10.1. The number of phenols is 1. The Hall–Kier alpha value is -1.22. The Bertz CT molecular complexity index is 293. The van der Waals surface area contributed by atoms with E-state index in [9.17, 15) is 0 Å². The van der Waals surface area contributed by atoms with Gasteiger partial charge < -0.3 is 15.3 Å². The fraction of sp³-hybridized carbons (Fsp3) is 0.455. The zero-order valence-electron chi connectivity index (χ0n) is 8.40. The van der Waals surface area contributed by atoms with Gasteiger partial charge in [0.05, 0.1) is 0 Å². The Kier molecular flexibility index (Phi) is 2.59. The van der Waals surface area contributed by atoms with Crippen molar-refractivity contribution < 1.29 is 5.11 Å². The maximum atomic E-state index is 9.15. The van der Waals surface area contributed by atoms with Crippen molar-refractivity contribution in [2.75, 3.05) is 25.0 Å². The van der Waals surface area contributed by atoms with Crippen molar-refractivity contribution in [3.63, 3.8) is 0 Å². The number of hydrogen-bond acceptors (Lipinski definition) is 3. The fourth-order valence-corrected chi connectivity index (χ4v) is 1.65. The Balaban J connectivity index is 1.95. The first-order valence-corrected chi connectivity index (χ1v) is 4.99. The minimum atomic E-state index is 0.323. The highest BCUT2D eigenvalue weighted by Crippen LogP contribution is 2.18. The molecule has 1 atom stereocenters. The van der Waals surface area contributed by atoms with Gasteiger partial charge in [0.25, 0.3) is 0 Å². The molecule has 1 aromatic carbocycles. The van der Waals surface area contributed by atoms with E-state index in [0.717, 1.165) is 18.8 Å². The topological polar surface area (TPSA) is 35.5 Å². The zero-order valence-corrected chi connectivity index (χ0v) is 8.40. The van der Waals surface area contributed by atoms with Gasteiger partial charge in [-0.3, -0.25) is 0 Å². The van der Waals surface area contributed by atoms with Gasteiger partial charge in [0.15, 0.2) is 0 Å². The number of aromatic hydroxyl groups is 1. The number of likely N-dealkylation sites (N-methyl/N-ethyl adjacent to an activating group) is 1. The van der Waals surface area contributed by atoms with E-state index in [1.165, 1.54) is 6.42 Å². The summed E-state index contributed by atoms with van der Waals surface area (Å²) in [5, 5.41) is 12.5. The minimum Gasteiger partial charge on any atom is -0.508 e. The molecule has 1 aliphatic rings. The highest BCUT2D eigenvalue weighted by Gasteiger charge is 2.17. The molecule has 76 valence electrons. The summed E-state index contributed by atoms with van der Waals surface area (Å²) in [4.78, 5) is 2.20. The first-order valence-electron chi connectivity index (χ1n) is 4.99. The molecule has 1 unspecified atom stereocenters. The van der Waals surface area contributed by atoms with Crippen molar-refractivity contribution in [1.29, 1.82) is 0 Å². The van der Waals surface area contributed by atoms with Gasteiger partial charge >= 0.3 is 0 Å². The Morgan fingerprint density at radius 2 is 2.07 bits per heavy atom. The quantitative estimate of drug-likeness (QED) is 0.755. The Morgan fingerprint density at radius 3 is 2.57 bits per heavy atom. The molecule has 0 aliphatic carbocycles. The van der Waals surface area contributed by atoms with Crippen molar-refractivity contribution in [3.8, 4) is 5.75 Å². The molecule has 14 heavy (non-hydrogen) atoms. The third-order valence-electron chi connectivity index (χ3n) is 2.71. The van der Waals surface area contributed by atoms with Gasteiger partial charge in [-0.25, -0.2) is 0 Å². The van der Waals surface area contributed by atoms with Gasteiger partial charge in [-0.1, -0.05) is 0 Å². The highest BCUT2D eigenvalue weighted by atomic mass is 16.3. The van der Waals surface area contributed by atoms with Crippen LogP contribution in [0.3, 0.4) is 0 Å². The van der Waals surface area contributed by atoms with Crippen molar-refractivity contribution >= 4 is 5.69 Å². The number of rotatable bonds is 3. The van der Waals surface area contributed by atoms with Crippen LogP contribution in [0.1, 0.15) is 6.42 Å². The van der Waals surface area contributed by atoms with Crippen molar-refractivity contribution in [2.24, 2.45) is 0 Å². The number of hydrogen-bond donors (Lipinski definition) is 2. The van der Waals surface area contributed by atoms with E-state index in [1.54, 1.807) is 12.1 Å². The predicted octanol–water partition coefficient (Wildman–Crippen LogP) is 1.19. The molecule has 2 rings (SSSR count). The molecule has 1 aromatic rings. The first-order chi connectivity index (χ1) is 6.75. The monoisotopic (exact) mass is 192 g/mol. The van der Waals surface area contributed by atoms with E-state index < -0.39 is 0 Å². The summed E-state index contributed by atoms with van der Waals surface area (Å²) < 4.78 is 0. The highest BCUT2D eigenvalue weighted by molar-refractivity contribution is 5.48. The largest absolute Gasteiger partial charge is 0.508 e. The molecule has 0 saturated carbocycles. The second-order valence-electron chi connectivity index (χ2n) is 3.84. The molecule has 1 saturated heterocycles. The average molecular weight is 192 g/mol. The summed E-state index contributed by atoms with van der Waals surface area (Å²) in [5.41, 5.74) is 1.15. The van der Waals surface area contributed by atoms with E-state index in [1.807, 2.05) is 12.1 Å². The number of phenolic OH excluding ortho intramolecular Hbond substituents is 1. The van der Waals surface area contributed by atoms with Crippen LogP contribution in [0, 0.1) is 0 Å². The molecule has 1 aliphatic heterocycles. The van der Waals surface area contributed by atoms with Gasteiger partial charge in [0, 0.05) is 25.3 Å². The maximum absolute atomic E-state index is 9.15. The van der Waals surface area contributed by atoms with Crippen LogP contribution in [0.5, 0.6) is 5.75 Å². The lowest BCUT2D eigenvalue weighted by molar-refractivity contribution is 0.374. The first kappa shape index (κ1) is 9.34. The molecule has 0 radical (unpaired) electrons. The second-order valence-corrected chi connectivity index (χ2v) is 3.84. The molecule has 2 N–H and O–H groups in total. The summed E-state index contributed by atoms with van der Waals surface area (Å²) in [6, 6.07) is 7.95. The number of nitrogens with one attached hydrogen (secondary N) is 1. The molecule has 1 heterocycles. The smallest absolute Gasteiger partial charge is 0.115 e. The van der Waals surface area contributed by atoms with Crippen molar-refractivity contribution in [1.82, 2.24) is 5.32 Å². The van der Waals surface area contributed by atoms with Gasteiger partial charge in [-0.15, -0.1) is 0 Å². The third-order valence-corrected chi connectivity index (χ3v) is 2.71. The van der Waals surface area contributed by atoms with Gasteiger partial charge in [-0.2, -0.15) is 0 Å². The average Bonchev–Trinajstić information content (AvgIpc) is 2.12. The molecule has 0 aromatic heterocycles. The van der Waals surface area contributed by atoms with Crippen LogP contribution in [-0.2, 0) is 0 Å². The van der Waals surface area contributed by atoms with E-state index in [2.05, 4.69) is 17.3 Å². The van der Waals surface area contributed by atoms with Gasteiger partial charge in [0.2, 0.25) is 0 Å². The SMILES string of the molecule is CN(CC1CCN1)c1ccc(O)cc1. The van der Waals surface area contributed by atoms with Crippen LogP contribution >= 0.6 is 0 Å². The summed E-state index contributed by atoms with van der Waals surface area (Å²) in [6.07, 6.45) is 1.27. The van der Waals surface area contributed by atoms with Crippen LogP contribution in [0.25, 0.3) is 0 Å². The van der Waals surface area contributed by atoms with Crippen LogP contribution < -0.4 is 10.2 Å². The predicted molar refractivity (Wildman–Crippen MR) is 57.8 cm³/mol. The maximum Gasteiger partial charge on any atom is 0.115 e. The second kappa shape index (κ2) is 3.88. The van der Waals surface area contributed by atoms with E-state index in [4.69, 9.17) is 5.11 Å². The Morgan fingerprint density at radius 1 is 1.43 bits per heavy atom. The number of anilines is 1. The molecule has 3 nitrogen and oxygen atoms in total. The fourth-order valence-electron chi connectivity index (χ4n) is 1.65. The number of nitrogens with zero attached hydrogens (tertiary/aromatic N) is 1. The molecule has 0 spiro atoms. The summed E-state index contributed by atoms with van der Waals surface area (Å²) >= 11 is 0. The Labute approximate surface area is 84.4 Å².